The third kappa shape index (κ3) is 5.34. The zero-order valence-electron chi connectivity index (χ0n) is 22.1. The molecule has 36 heavy (non-hydrogen) atoms. The molecule has 2 aliphatic carbocycles. The Kier molecular flexibility index (Phi) is 8.59. The van der Waals surface area contributed by atoms with Gasteiger partial charge in [-0.05, 0) is 64.7 Å². The van der Waals surface area contributed by atoms with Crippen molar-refractivity contribution in [2.75, 3.05) is 7.11 Å². The second-order valence-electron chi connectivity index (χ2n) is 10.8. The van der Waals surface area contributed by atoms with Crippen LogP contribution in [-0.4, -0.2) is 25.4 Å². The highest BCUT2D eigenvalue weighted by Gasteiger charge is 2.65. The van der Waals surface area contributed by atoms with E-state index in [1.54, 1.807) is 6.07 Å². The molecule has 0 spiro atoms. The lowest BCUT2D eigenvalue weighted by molar-refractivity contribution is -0.280. The van der Waals surface area contributed by atoms with Gasteiger partial charge in [-0.2, -0.15) is 13.2 Å². The maximum absolute atomic E-state index is 14.4. The molecule has 198 valence electrons. The Hall–Kier alpha value is -2.34. The molecule has 0 bridgehead atoms. The monoisotopic (exact) mass is 504 g/mol. The van der Waals surface area contributed by atoms with Crippen LogP contribution in [-0.2, 0) is 19.9 Å². The zero-order chi connectivity index (χ0) is 26.7. The Morgan fingerprint density at radius 1 is 1.22 bits per heavy atom. The lowest BCUT2D eigenvalue weighted by Crippen LogP contribution is -2.55. The van der Waals surface area contributed by atoms with Crippen LogP contribution in [0.2, 0.25) is 0 Å². The number of allylic oxidation sites excluding steroid dienone is 4. The number of benzene rings is 1. The Morgan fingerprint density at radius 2 is 1.89 bits per heavy atom. The molecule has 6 heteroatoms. The van der Waals surface area contributed by atoms with Gasteiger partial charge in [-0.1, -0.05) is 72.7 Å². The summed E-state index contributed by atoms with van der Waals surface area (Å²) >= 11 is 0. The number of carbonyl (C=O) groups is 1. The highest BCUT2D eigenvalue weighted by molar-refractivity contribution is 5.83. The van der Waals surface area contributed by atoms with Crippen molar-refractivity contribution >= 4 is 5.97 Å². The summed E-state index contributed by atoms with van der Waals surface area (Å²) < 4.78 is 53.9. The van der Waals surface area contributed by atoms with E-state index in [-0.39, 0.29) is 11.5 Å². The SMILES string of the molecule is C=C(CCC=C(C)C)[C@H]1CC[C@]2(C)[C@@H](OC(=O)[C@](OC)(c3ccccc3)C(F)(F)F)CC=C(C)[C@H]2C1. The van der Waals surface area contributed by atoms with Crippen molar-refractivity contribution in [1.29, 1.82) is 0 Å². The fourth-order valence-corrected chi connectivity index (χ4v) is 6.03. The minimum Gasteiger partial charge on any atom is -0.459 e. The number of alkyl halides is 3. The van der Waals surface area contributed by atoms with Crippen molar-refractivity contribution in [3.05, 3.63) is 71.3 Å². The summed E-state index contributed by atoms with van der Waals surface area (Å²) in [5.74, 6) is -0.943. The Labute approximate surface area is 213 Å². The number of ether oxygens (including phenoxy) is 2. The molecule has 1 aromatic carbocycles. The molecule has 0 unspecified atom stereocenters. The quantitative estimate of drug-likeness (QED) is 0.265. The predicted octanol–water partition coefficient (Wildman–Crippen LogP) is 8.08. The molecule has 1 aromatic rings. The number of fused-ring (bicyclic) bond motifs is 1. The van der Waals surface area contributed by atoms with E-state index in [1.807, 2.05) is 6.08 Å². The molecule has 3 nitrogen and oxygen atoms in total. The van der Waals surface area contributed by atoms with E-state index in [2.05, 4.69) is 40.3 Å². The molecule has 0 radical (unpaired) electrons. The van der Waals surface area contributed by atoms with E-state index >= 15 is 0 Å². The van der Waals surface area contributed by atoms with Crippen LogP contribution in [0.15, 0.2) is 65.8 Å². The summed E-state index contributed by atoms with van der Waals surface area (Å²) in [6.07, 6.45) is 3.38. The van der Waals surface area contributed by atoms with E-state index in [1.165, 1.54) is 41.0 Å². The first-order valence-corrected chi connectivity index (χ1v) is 12.7. The maximum atomic E-state index is 14.4. The van der Waals surface area contributed by atoms with Crippen molar-refractivity contribution in [3.8, 4) is 0 Å². The van der Waals surface area contributed by atoms with Gasteiger partial charge in [0.25, 0.3) is 5.60 Å². The first kappa shape index (κ1) is 28.2. The molecular formula is C30H39F3O3. The van der Waals surface area contributed by atoms with Gasteiger partial charge >= 0.3 is 12.1 Å². The van der Waals surface area contributed by atoms with Gasteiger partial charge in [0.1, 0.15) is 6.10 Å². The Morgan fingerprint density at radius 3 is 2.47 bits per heavy atom. The van der Waals surface area contributed by atoms with Gasteiger partial charge in [-0.25, -0.2) is 4.79 Å². The molecule has 0 amide bonds. The maximum Gasteiger partial charge on any atom is 0.432 e. The van der Waals surface area contributed by atoms with Crippen LogP contribution in [0, 0.1) is 17.3 Å². The second kappa shape index (κ2) is 11.0. The van der Waals surface area contributed by atoms with Crippen molar-refractivity contribution in [2.24, 2.45) is 17.3 Å². The van der Waals surface area contributed by atoms with Crippen LogP contribution in [0.1, 0.15) is 71.8 Å². The number of halogens is 3. The third-order valence-electron chi connectivity index (χ3n) is 8.30. The van der Waals surface area contributed by atoms with E-state index in [9.17, 15) is 18.0 Å². The van der Waals surface area contributed by atoms with Crippen LogP contribution in [0.5, 0.6) is 0 Å². The lowest BCUT2D eigenvalue weighted by Gasteiger charge is -2.52. The molecular weight excluding hydrogens is 465 g/mol. The minimum absolute atomic E-state index is 0.113. The fraction of sp³-hybridized carbons (Fsp3) is 0.567. The van der Waals surface area contributed by atoms with E-state index in [4.69, 9.17) is 9.47 Å². The molecule has 0 heterocycles. The predicted molar refractivity (Wildman–Crippen MR) is 136 cm³/mol. The van der Waals surface area contributed by atoms with Gasteiger partial charge in [0.15, 0.2) is 0 Å². The molecule has 0 aromatic heterocycles. The van der Waals surface area contributed by atoms with E-state index in [0.717, 1.165) is 39.2 Å². The molecule has 1 saturated carbocycles. The molecule has 2 aliphatic rings. The fourth-order valence-electron chi connectivity index (χ4n) is 6.03. The first-order valence-electron chi connectivity index (χ1n) is 12.7. The van der Waals surface area contributed by atoms with Gasteiger partial charge < -0.3 is 9.47 Å². The van der Waals surface area contributed by atoms with Gasteiger partial charge in [0.05, 0.1) is 0 Å². The molecule has 0 saturated heterocycles. The molecule has 0 aliphatic heterocycles. The van der Waals surface area contributed by atoms with Crippen molar-refractivity contribution in [2.45, 2.75) is 84.1 Å². The van der Waals surface area contributed by atoms with Crippen LogP contribution in [0.25, 0.3) is 0 Å². The summed E-state index contributed by atoms with van der Waals surface area (Å²) in [6, 6.07) is 7.01. The van der Waals surface area contributed by atoms with Crippen molar-refractivity contribution < 1.29 is 27.4 Å². The highest BCUT2D eigenvalue weighted by Crippen LogP contribution is 2.55. The normalized spacial score (nSPS) is 27.8. The average Bonchev–Trinajstić information content (AvgIpc) is 2.81. The number of hydrogen-bond acceptors (Lipinski definition) is 3. The largest absolute Gasteiger partial charge is 0.459 e. The average molecular weight is 505 g/mol. The van der Waals surface area contributed by atoms with Gasteiger partial charge in [-0.15, -0.1) is 0 Å². The number of carbonyl (C=O) groups excluding carboxylic acids is 1. The summed E-state index contributed by atoms with van der Waals surface area (Å²) in [5.41, 5.74) is -0.189. The van der Waals surface area contributed by atoms with Crippen molar-refractivity contribution in [3.63, 3.8) is 0 Å². The minimum atomic E-state index is -4.98. The Bertz CT molecular complexity index is 1010. The topological polar surface area (TPSA) is 35.5 Å². The van der Waals surface area contributed by atoms with Gasteiger partial charge in [-0.3, -0.25) is 0 Å². The molecule has 0 N–H and O–H groups in total. The first-order chi connectivity index (χ1) is 16.9. The van der Waals surface area contributed by atoms with Crippen LogP contribution in [0.3, 0.4) is 0 Å². The summed E-state index contributed by atoms with van der Waals surface area (Å²) in [5, 5.41) is 0. The number of methoxy groups -OCH3 is 1. The summed E-state index contributed by atoms with van der Waals surface area (Å²) in [6.45, 7) is 12.7. The van der Waals surface area contributed by atoms with Crippen LogP contribution >= 0.6 is 0 Å². The highest BCUT2D eigenvalue weighted by atomic mass is 19.4. The van der Waals surface area contributed by atoms with Crippen LogP contribution < -0.4 is 0 Å². The van der Waals surface area contributed by atoms with E-state index < -0.39 is 29.3 Å². The Balaban J connectivity index is 1.84. The molecule has 1 fully saturated rings. The van der Waals surface area contributed by atoms with Gasteiger partial charge in [0, 0.05) is 24.5 Å². The molecule has 5 atom stereocenters. The van der Waals surface area contributed by atoms with Gasteiger partial charge in [0.2, 0.25) is 0 Å². The smallest absolute Gasteiger partial charge is 0.432 e. The second-order valence-corrected chi connectivity index (χ2v) is 10.8. The molecule has 3 rings (SSSR count). The lowest BCUT2D eigenvalue weighted by atomic mass is 9.56. The summed E-state index contributed by atoms with van der Waals surface area (Å²) in [4.78, 5) is 13.3. The number of esters is 1. The standard InChI is InChI=1S/C30H39F3O3/c1-20(2)11-10-12-21(3)23-17-18-28(5)25(19-23)22(4)15-16-26(28)36-27(34)29(35-6,30(31,32)33)24-13-8-7-9-14-24/h7-9,11,13-15,23,25-26H,3,10,12,16-19H2,1-2,4-6H3/t23-,25+,26-,28-,29+/m0/s1. The van der Waals surface area contributed by atoms with Crippen LogP contribution in [0.4, 0.5) is 13.2 Å². The van der Waals surface area contributed by atoms with E-state index in [0.29, 0.717) is 12.3 Å². The zero-order valence-corrected chi connectivity index (χ0v) is 22.1. The number of hydrogen-bond donors (Lipinski definition) is 0. The summed E-state index contributed by atoms with van der Waals surface area (Å²) in [7, 11) is 0.906. The van der Waals surface area contributed by atoms with Crippen molar-refractivity contribution in [1.82, 2.24) is 0 Å². The third-order valence-corrected chi connectivity index (χ3v) is 8.30. The number of rotatable bonds is 8.